The molecule has 0 bridgehead atoms. The molecule has 0 amide bonds. The second-order valence-electron chi connectivity index (χ2n) is 5.97. The molecule has 0 N–H and O–H groups in total. The standard InChI is InChI=1S/C22H22/c1-17-9-6-7-12-20(17)16-22-14-8-13-21(18(22)2)15-19-10-4-3-5-11-19/h3-14H,15-16H2,1-2H3. The van der Waals surface area contributed by atoms with Gasteiger partial charge in [-0.2, -0.15) is 0 Å². The largest absolute Gasteiger partial charge is 0.0622 e. The number of hydrogen-bond acceptors (Lipinski definition) is 0. The fourth-order valence-corrected chi connectivity index (χ4v) is 2.95. The third-order valence-electron chi connectivity index (χ3n) is 4.44. The van der Waals surface area contributed by atoms with E-state index in [9.17, 15) is 0 Å². The maximum Gasteiger partial charge on any atom is -0.00204 e. The lowest BCUT2D eigenvalue weighted by Crippen LogP contribution is -1.99. The molecule has 0 radical (unpaired) electrons. The van der Waals surface area contributed by atoms with Crippen LogP contribution in [0.2, 0.25) is 0 Å². The van der Waals surface area contributed by atoms with Gasteiger partial charge in [0, 0.05) is 0 Å². The Hall–Kier alpha value is -2.34. The van der Waals surface area contributed by atoms with Gasteiger partial charge in [0.2, 0.25) is 0 Å². The Balaban J connectivity index is 1.88. The second-order valence-corrected chi connectivity index (χ2v) is 5.97. The Morgan fingerprint density at radius 3 is 1.86 bits per heavy atom. The SMILES string of the molecule is Cc1ccccc1Cc1cccc(Cc2ccccc2)c1C. The lowest BCUT2D eigenvalue weighted by atomic mass is 9.92. The summed E-state index contributed by atoms with van der Waals surface area (Å²) in [7, 11) is 0. The molecule has 0 heteroatoms. The van der Waals surface area contributed by atoms with Crippen LogP contribution in [0.25, 0.3) is 0 Å². The first-order valence-electron chi connectivity index (χ1n) is 7.90. The lowest BCUT2D eigenvalue weighted by molar-refractivity contribution is 1.08. The van der Waals surface area contributed by atoms with E-state index in [0.29, 0.717) is 0 Å². The topological polar surface area (TPSA) is 0 Å². The normalized spacial score (nSPS) is 10.6. The van der Waals surface area contributed by atoms with Gasteiger partial charge in [-0.25, -0.2) is 0 Å². The van der Waals surface area contributed by atoms with Crippen molar-refractivity contribution in [2.45, 2.75) is 26.7 Å². The van der Waals surface area contributed by atoms with Crippen LogP contribution in [0.15, 0.2) is 72.8 Å². The molecule has 0 unspecified atom stereocenters. The molecule has 22 heavy (non-hydrogen) atoms. The fraction of sp³-hybridized carbons (Fsp3) is 0.182. The van der Waals surface area contributed by atoms with E-state index in [1.165, 1.54) is 33.4 Å². The molecule has 0 aliphatic carbocycles. The maximum absolute atomic E-state index is 2.26. The molecule has 0 atom stereocenters. The van der Waals surface area contributed by atoms with Crippen LogP contribution in [0.4, 0.5) is 0 Å². The molecule has 3 aromatic rings. The van der Waals surface area contributed by atoms with Crippen molar-refractivity contribution in [1.82, 2.24) is 0 Å². The van der Waals surface area contributed by atoms with E-state index in [0.717, 1.165) is 12.8 Å². The van der Waals surface area contributed by atoms with Crippen LogP contribution in [0.3, 0.4) is 0 Å². The zero-order chi connectivity index (χ0) is 15.4. The quantitative estimate of drug-likeness (QED) is 0.595. The lowest BCUT2D eigenvalue weighted by Gasteiger charge is -2.13. The molecular formula is C22H22. The average molecular weight is 286 g/mol. The predicted octanol–water partition coefficient (Wildman–Crippen LogP) is 5.49. The Kier molecular flexibility index (Phi) is 4.39. The van der Waals surface area contributed by atoms with Gasteiger partial charge in [0.1, 0.15) is 0 Å². The summed E-state index contributed by atoms with van der Waals surface area (Å²) < 4.78 is 0. The molecule has 0 aliphatic heterocycles. The van der Waals surface area contributed by atoms with Gasteiger partial charge in [-0.3, -0.25) is 0 Å². The van der Waals surface area contributed by atoms with Gasteiger partial charge >= 0.3 is 0 Å². The van der Waals surface area contributed by atoms with E-state index >= 15 is 0 Å². The average Bonchev–Trinajstić information content (AvgIpc) is 2.54. The summed E-state index contributed by atoms with van der Waals surface area (Å²) in [5.41, 5.74) is 8.45. The van der Waals surface area contributed by atoms with E-state index in [2.05, 4.69) is 86.6 Å². The van der Waals surface area contributed by atoms with Gasteiger partial charge in [-0.05, 0) is 60.1 Å². The first-order valence-corrected chi connectivity index (χ1v) is 7.90. The highest BCUT2D eigenvalue weighted by molar-refractivity contribution is 5.41. The molecule has 3 aromatic carbocycles. The van der Waals surface area contributed by atoms with Gasteiger partial charge in [0.15, 0.2) is 0 Å². The molecule has 0 saturated carbocycles. The molecule has 0 saturated heterocycles. The molecule has 0 fully saturated rings. The molecule has 0 aromatic heterocycles. The molecule has 110 valence electrons. The van der Waals surface area contributed by atoms with Crippen molar-refractivity contribution in [3.05, 3.63) is 106 Å². The summed E-state index contributed by atoms with van der Waals surface area (Å²) >= 11 is 0. The Morgan fingerprint density at radius 2 is 1.14 bits per heavy atom. The van der Waals surface area contributed by atoms with Crippen molar-refractivity contribution in [2.24, 2.45) is 0 Å². The molecular weight excluding hydrogens is 264 g/mol. The van der Waals surface area contributed by atoms with Crippen molar-refractivity contribution in [3.8, 4) is 0 Å². The summed E-state index contributed by atoms with van der Waals surface area (Å²) in [5.74, 6) is 0. The van der Waals surface area contributed by atoms with Crippen LogP contribution in [-0.2, 0) is 12.8 Å². The Morgan fingerprint density at radius 1 is 0.545 bits per heavy atom. The van der Waals surface area contributed by atoms with Crippen molar-refractivity contribution < 1.29 is 0 Å². The van der Waals surface area contributed by atoms with Crippen molar-refractivity contribution in [1.29, 1.82) is 0 Å². The van der Waals surface area contributed by atoms with Crippen molar-refractivity contribution >= 4 is 0 Å². The van der Waals surface area contributed by atoms with Crippen LogP contribution in [0.5, 0.6) is 0 Å². The zero-order valence-corrected chi connectivity index (χ0v) is 13.3. The van der Waals surface area contributed by atoms with E-state index in [1.807, 2.05) is 0 Å². The highest BCUT2D eigenvalue weighted by Crippen LogP contribution is 2.21. The third-order valence-corrected chi connectivity index (χ3v) is 4.44. The number of rotatable bonds is 4. The van der Waals surface area contributed by atoms with Crippen molar-refractivity contribution in [2.75, 3.05) is 0 Å². The second kappa shape index (κ2) is 6.62. The van der Waals surface area contributed by atoms with Crippen LogP contribution >= 0.6 is 0 Å². The highest BCUT2D eigenvalue weighted by atomic mass is 14.1. The predicted molar refractivity (Wildman–Crippen MR) is 94.4 cm³/mol. The number of aryl methyl sites for hydroxylation is 1. The Labute approximate surface area is 133 Å². The summed E-state index contributed by atoms with van der Waals surface area (Å²) in [6, 6.07) is 26.1. The highest BCUT2D eigenvalue weighted by Gasteiger charge is 2.07. The van der Waals surface area contributed by atoms with Gasteiger partial charge in [0.05, 0.1) is 0 Å². The van der Waals surface area contributed by atoms with E-state index in [4.69, 9.17) is 0 Å². The van der Waals surface area contributed by atoms with Crippen LogP contribution < -0.4 is 0 Å². The molecule has 3 rings (SSSR count). The number of hydrogen-bond donors (Lipinski definition) is 0. The minimum absolute atomic E-state index is 1.01. The monoisotopic (exact) mass is 286 g/mol. The van der Waals surface area contributed by atoms with Gasteiger partial charge in [0.25, 0.3) is 0 Å². The summed E-state index contributed by atoms with van der Waals surface area (Å²) in [4.78, 5) is 0. The molecule has 0 heterocycles. The first-order chi connectivity index (χ1) is 10.7. The summed E-state index contributed by atoms with van der Waals surface area (Å²) in [5, 5.41) is 0. The van der Waals surface area contributed by atoms with Crippen LogP contribution in [0, 0.1) is 13.8 Å². The maximum atomic E-state index is 2.26. The number of benzene rings is 3. The van der Waals surface area contributed by atoms with Gasteiger partial charge in [-0.1, -0.05) is 72.8 Å². The fourth-order valence-electron chi connectivity index (χ4n) is 2.95. The zero-order valence-electron chi connectivity index (χ0n) is 13.3. The third kappa shape index (κ3) is 3.28. The van der Waals surface area contributed by atoms with Crippen LogP contribution in [-0.4, -0.2) is 0 Å². The minimum atomic E-state index is 1.01. The Bertz CT molecular complexity index is 754. The van der Waals surface area contributed by atoms with Crippen LogP contribution in [0.1, 0.15) is 33.4 Å². The summed E-state index contributed by atoms with van der Waals surface area (Å²) in [6.45, 7) is 4.45. The molecule has 0 nitrogen and oxygen atoms in total. The minimum Gasteiger partial charge on any atom is -0.0622 e. The van der Waals surface area contributed by atoms with E-state index < -0.39 is 0 Å². The van der Waals surface area contributed by atoms with Gasteiger partial charge < -0.3 is 0 Å². The summed E-state index contributed by atoms with van der Waals surface area (Å²) in [6.07, 6.45) is 2.02. The van der Waals surface area contributed by atoms with E-state index in [-0.39, 0.29) is 0 Å². The molecule has 0 aliphatic rings. The van der Waals surface area contributed by atoms with E-state index in [1.54, 1.807) is 0 Å². The smallest absolute Gasteiger partial charge is 0.00204 e. The van der Waals surface area contributed by atoms with Gasteiger partial charge in [-0.15, -0.1) is 0 Å². The van der Waals surface area contributed by atoms with Crippen molar-refractivity contribution in [3.63, 3.8) is 0 Å². The first kappa shape index (κ1) is 14.6. The molecule has 0 spiro atoms.